The molecule has 8 heteroatoms. The van der Waals surface area contributed by atoms with Gasteiger partial charge in [-0.1, -0.05) is 6.07 Å². The molecule has 0 aliphatic carbocycles. The van der Waals surface area contributed by atoms with E-state index in [0.717, 1.165) is 22.2 Å². The van der Waals surface area contributed by atoms with E-state index in [-0.39, 0.29) is 5.88 Å². The Bertz CT molecular complexity index is 827. The van der Waals surface area contributed by atoms with Gasteiger partial charge in [-0.05, 0) is 25.0 Å². The van der Waals surface area contributed by atoms with Crippen molar-refractivity contribution in [1.29, 1.82) is 0 Å². The van der Waals surface area contributed by atoms with Gasteiger partial charge in [-0.2, -0.15) is 18.3 Å². The maximum Gasteiger partial charge on any atom is 0.422 e. The fourth-order valence-electron chi connectivity index (χ4n) is 2.29. The van der Waals surface area contributed by atoms with E-state index in [4.69, 9.17) is 0 Å². The van der Waals surface area contributed by atoms with Crippen LogP contribution in [0.25, 0.3) is 10.9 Å². The monoisotopic (exact) mass is 336 g/mol. The Labute approximate surface area is 136 Å². The van der Waals surface area contributed by atoms with Gasteiger partial charge in [0.05, 0.1) is 5.52 Å². The zero-order valence-electron chi connectivity index (χ0n) is 12.9. The minimum Gasteiger partial charge on any atom is -0.468 e. The zero-order valence-corrected chi connectivity index (χ0v) is 12.9. The van der Waals surface area contributed by atoms with Gasteiger partial charge in [0.25, 0.3) is 0 Å². The number of halogens is 3. The van der Waals surface area contributed by atoms with Crippen molar-refractivity contribution in [2.75, 3.05) is 6.61 Å². The molecule has 0 amide bonds. The highest BCUT2D eigenvalue weighted by molar-refractivity contribution is 5.79. The lowest BCUT2D eigenvalue weighted by Gasteiger charge is -2.08. The summed E-state index contributed by atoms with van der Waals surface area (Å²) in [5, 5.41) is 5.48. The Morgan fingerprint density at radius 2 is 2.00 bits per heavy atom. The van der Waals surface area contributed by atoms with Gasteiger partial charge in [0.1, 0.15) is 0 Å². The van der Waals surface area contributed by atoms with Crippen molar-refractivity contribution in [3.63, 3.8) is 0 Å². The first-order valence-corrected chi connectivity index (χ1v) is 7.34. The van der Waals surface area contributed by atoms with Crippen LogP contribution in [0.4, 0.5) is 13.2 Å². The van der Waals surface area contributed by atoms with Crippen molar-refractivity contribution in [3.8, 4) is 5.88 Å². The molecule has 0 aromatic carbocycles. The summed E-state index contributed by atoms with van der Waals surface area (Å²) >= 11 is 0. The van der Waals surface area contributed by atoms with E-state index in [9.17, 15) is 13.2 Å². The molecule has 0 unspecified atom stereocenters. The Balaban J connectivity index is 1.60. The summed E-state index contributed by atoms with van der Waals surface area (Å²) in [4.78, 5) is 8.12. The number of aryl methyl sites for hydroxylation is 3. The predicted molar refractivity (Wildman–Crippen MR) is 81.8 cm³/mol. The van der Waals surface area contributed by atoms with E-state index < -0.39 is 12.8 Å². The van der Waals surface area contributed by atoms with Gasteiger partial charge in [-0.15, -0.1) is 0 Å². The molecule has 0 radical (unpaired) electrons. The lowest BCUT2D eigenvalue weighted by molar-refractivity contribution is -0.154. The third-order valence-corrected chi connectivity index (χ3v) is 3.49. The number of hydrogen-bond acceptors (Lipinski definition) is 4. The van der Waals surface area contributed by atoms with Crippen LogP contribution in [-0.2, 0) is 13.0 Å². The molecule has 0 saturated heterocycles. The maximum atomic E-state index is 12.1. The Kier molecular flexibility index (Phi) is 4.37. The molecule has 3 rings (SSSR count). The first kappa shape index (κ1) is 16.2. The van der Waals surface area contributed by atoms with E-state index in [1.807, 2.05) is 23.9 Å². The van der Waals surface area contributed by atoms with E-state index in [0.29, 0.717) is 13.0 Å². The molecule has 24 heavy (non-hydrogen) atoms. The lowest BCUT2D eigenvalue weighted by Crippen LogP contribution is -2.19. The van der Waals surface area contributed by atoms with Crippen LogP contribution in [-0.4, -0.2) is 32.5 Å². The summed E-state index contributed by atoms with van der Waals surface area (Å²) in [6.45, 7) is 1.23. The normalized spacial score (nSPS) is 11.8. The number of nitrogens with zero attached hydrogens (tertiary/aromatic N) is 4. The number of fused-ring (bicyclic) bond motifs is 1. The Morgan fingerprint density at radius 1 is 1.17 bits per heavy atom. The van der Waals surface area contributed by atoms with Crippen LogP contribution in [0.2, 0.25) is 0 Å². The molecule has 0 aliphatic heterocycles. The molecule has 3 aromatic rings. The van der Waals surface area contributed by atoms with E-state index in [2.05, 4.69) is 19.8 Å². The highest BCUT2D eigenvalue weighted by Crippen LogP contribution is 2.18. The summed E-state index contributed by atoms with van der Waals surface area (Å²) < 4.78 is 42.6. The van der Waals surface area contributed by atoms with Gasteiger partial charge < -0.3 is 4.74 Å². The molecule has 126 valence electrons. The van der Waals surface area contributed by atoms with E-state index in [1.165, 1.54) is 12.3 Å². The van der Waals surface area contributed by atoms with Gasteiger partial charge >= 0.3 is 6.18 Å². The van der Waals surface area contributed by atoms with Gasteiger partial charge in [-0.25, -0.2) is 4.98 Å². The molecule has 0 spiro atoms. The number of pyridine rings is 2. The fourth-order valence-corrected chi connectivity index (χ4v) is 2.29. The third-order valence-electron chi connectivity index (χ3n) is 3.49. The summed E-state index contributed by atoms with van der Waals surface area (Å²) in [6, 6.07) is 5.00. The first-order chi connectivity index (χ1) is 11.4. The first-order valence-electron chi connectivity index (χ1n) is 7.34. The van der Waals surface area contributed by atoms with Crippen LogP contribution in [0.1, 0.15) is 11.3 Å². The molecule has 0 bridgehead atoms. The number of hydrogen-bond donors (Lipinski definition) is 0. The molecule has 3 heterocycles. The molecule has 5 nitrogen and oxygen atoms in total. The van der Waals surface area contributed by atoms with E-state index in [1.54, 1.807) is 12.3 Å². The molecular formula is C16H15F3N4O. The van der Waals surface area contributed by atoms with Crippen molar-refractivity contribution >= 4 is 10.9 Å². The van der Waals surface area contributed by atoms with Crippen LogP contribution in [0.3, 0.4) is 0 Å². The van der Waals surface area contributed by atoms with Crippen molar-refractivity contribution in [2.45, 2.75) is 26.1 Å². The third kappa shape index (κ3) is 4.01. The van der Waals surface area contributed by atoms with Crippen LogP contribution >= 0.6 is 0 Å². The van der Waals surface area contributed by atoms with Crippen molar-refractivity contribution in [2.24, 2.45) is 0 Å². The number of aromatic nitrogens is 4. The van der Waals surface area contributed by atoms with Gasteiger partial charge in [0.15, 0.2) is 6.61 Å². The van der Waals surface area contributed by atoms with E-state index >= 15 is 0 Å². The average molecular weight is 336 g/mol. The number of ether oxygens (including phenoxy) is 1. The topological polar surface area (TPSA) is 52.8 Å². The van der Waals surface area contributed by atoms with Crippen LogP contribution in [0, 0.1) is 6.92 Å². The predicted octanol–water partition coefficient (Wildman–Crippen LogP) is 3.32. The number of alkyl halides is 3. The molecule has 0 atom stereocenters. The SMILES string of the molecule is Cc1nccc2nn(CCc3ccc(OCC(F)(F)F)nc3)cc12. The average Bonchev–Trinajstić information content (AvgIpc) is 2.96. The van der Waals surface area contributed by atoms with Crippen molar-refractivity contribution < 1.29 is 17.9 Å². The summed E-state index contributed by atoms with van der Waals surface area (Å²) in [7, 11) is 0. The molecule has 3 aromatic heterocycles. The number of rotatable bonds is 5. The molecule has 0 N–H and O–H groups in total. The molecule has 0 fully saturated rings. The minimum absolute atomic E-state index is 0.0393. The van der Waals surface area contributed by atoms with Crippen molar-refractivity contribution in [3.05, 3.63) is 48.0 Å². The Morgan fingerprint density at radius 3 is 2.67 bits per heavy atom. The van der Waals surface area contributed by atoms with Gasteiger partial charge in [0, 0.05) is 42.3 Å². The van der Waals surface area contributed by atoms with Gasteiger partial charge in [-0.3, -0.25) is 9.67 Å². The highest BCUT2D eigenvalue weighted by atomic mass is 19.4. The Hall–Kier alpha value is -2.64. The van der Waals surface area contributed by atoms with Crippen LogP contribution in [0.15, 0.2) is 36.8 Å². The summed E-state index contributed by atoms with van der Waals surface area (Å²) in [5.41, 5.74) is 2.70. The van der Waals surface area contributed by atoms with Crippen LogP contribution in [0.5, 0.6) is 5.88 Å². The minimum atomic E-state index is -4.37. The largest absolute Gasteiger partial charge is 0.468 e. The standard InChI is InChI=1S/C16H15F3N4O/c1-11-13-9-23(22-14(13)4-6-20-11)7-5-12-2-3-15(21-8-12)24-10-16(17,18)19/h2-4,6,8-9H,5,7,10H2,1H3. The fraction of sp³-hybridized carbons (Fsp3) is 0.312. The van der Waals surface area contributed by atoms with Crippen molar-refractivity contribution in [1.82, 2.24) is 19.7 Å². The molecular weight excluding hydrogens is 321 g/mol. The zero-order chi connectivity index (χ0) is 17.2. The van der Waals surface area contributed by atoms with Crippen LogP contribution < -0.4 is 4.74 Å². The maximum absolute atomic E-state index is 12.1. The smallest absolute Gasteiger partial charge is 0.422 e. The summed E-state index contributed by atoms with van der Waals surface area (Å²) in [6.07, 6.45) is 1.47. The second-order valence-electron chi connectivity index (χ2n) is 5.38. The molecule has 0 saturated carbocycles. The highest BCUT2D eigenvalue weighted by Gasteiger charge is 2.28. The molecule has 0 aliphatic rings. The summed E-state index contributed by atoms with van der Waals surface area (Å²) in [5.74, 6) is -0.0393. The second-order valence-corrected chi connectivity index (χ2v) is 5.38. The quantitative estimate of drug-likeness (QED) is 0.717. The lowest BCUT2D eigenvalue weighted by atomic mass is 10.2. The van der Waals surface area contributed by atoms with Gasteiger partial charge in [0.2, 0.25) is 5.88 Å². The second kappa shape index (κ2) is 6.46.